The van der Waals surface area contributed by atoms with Gasteiger partial charge in [-0.2, -0.15) is 0 Å². The van der Waals surface area contributed by atoms with Crippen molar-refractivity contribution in [1.82, 2.24) is 10.3 Å². The van der Waals surface area contributed by atoms with E-state index in [0.717, 1.165) is 31.6 Å². The molecule has 1 rings (SSSR count). The molecule has 1 aromatic heterocycles. The lowest BCUT2D eigenvalue weighted by atomic mass is 9.89. The molecular weight excluding hydrogens is 266 g/mol. The van der Waals surface area contributed by atoms with E-state index in [0.29, 0.717) is 12.1 Å². The number of aliphatic hydroxyl groups is 1. The van der Waals surface area contributed by atoms with Crippen molar-refractivity contribution in [3.8, 4) is 0 Å². The lowest BCUT2D eigenvalue weighted by molar-refractivity contribution is 0.0953. The number of nitrogens with one attached hydrogen (secondary N) is 2. The molecule has 3 N–H and O–H groups in total. The van der Waals surface area contributed by atoms with Gasteiger partial charge in [0, 0.05) is 25.9 Å². The Hall–Kier alpha value is -1.62. The summed E-state index contributed by atoms with van der Waals surface area (Å²) < 4.78 is 0. The van der Waals surface area contributed by atoms with Gasteiger partial charge in [0.15, 0.2) is 0 Å². The molecule has 1 aromatic rings. The molecule has 0 spiro atoms. The number of hydrogen-bond donors (Lipinski definition) is 3. The average molecular weight is 293 g/mol. The molecule has 0 aliphatic heterocycles. The molecule has 21 heavy (non-hydrogen) atoms. The molecule has 0 saturated carbocycles. The zero-order chi connectivity index (χ0) is 15.7. The van der Waals surface area contributed by atoms with E-state index < -0.39 is 0 Å². The lowest BCUT2D eigenvalue weighted by Gasteiger charge is -2.21. The largest absolute Gasteiger partial charge is 0.396 e. The zero-order valence-corrected chi connectivity index (χ0v) is 13.3. The number of pyridine rings is 1. The molecule has 1 heterocycles. The number of rotatable bonds is 9. The molecule has 118 valence electrons. The molecule has 0 radical (unpaired) electrons. The third-order valence-electron chi connectivity index (χ3n) is 3.33. The number of carbonyl (C=O) groups is 1. The van der Waals surface area contributed by atoms with Gasteiger partial charge in [0.05, 0.1) is 5.56 Å². The zero-order valence-electron chi connectivity index (χ0n) is 13.3. The van der Waals surface area contributed by atoms with Gasteiger partial charge in [-0.25, -0.2) is 4.98 Å². The van der Waals surface area contributed by atoms with Crippen molar-refractivity contribution in [2.75, 3.05) is 25.0 Å². The predicted octanol–water partition coefficient (Wildman–Crippen LogP) is 2.43. The number of hydrogen-bond acceptors (Lipinski definition) is 4. The van der Waals surface area contributed by atoms with Gasteiger partial charge in [-0.05, 0) is 36.8 Å². The van der Waals surface area contributed by atoms with Crippen molar-refractivity contribution < 1.29 is 9.90 Å². The minimum Gasteiger partial charge on any atom is -0.396 e. The highest BCUT2D eigenvalue weighted by atomic mass is 16.3. The Morgan fingerprint density at radius 1 is 1.33 bits per heavy atom. The van der Waals surface area contributed by atoms with Crippen LogP contribution in [0.15, 0.2) is 18.3 Å². The van der Waals surface area contributed by atoms with Crippen LogP contribution in [0.5, 0.6) is 0 Å². The fourth-order valence-electron chi connectivity index (χ4n) is 1.84. The van der Waals surface area contributed by atoms with Crippen molar-refractivity contribution in [3.63, 3.8) is 0 Å². The summed E-state index contributed by atoms with van der Waals surface area (Å²) in [5.41, 5.74) is 0.548. The van der Waals surface area contributed by atoms with Crippen molar-refractivity contribution in [2.45, 2.75) is 40.0 Å². The van der Waals surface area contributed by atoms with Crippen LogP contribution < -0.4 is 10.6 Å². The maximum atomic E-state index is 11.7. The number of aromatic nitrogens is 1. The monoisotopic (exact) mass is 293 g/mol. The standard InChI is InChI=1S/C16H27N3O2/c1-4-9-18-15(21)13-6-7-14(19-11-13)17-10-5-8-16(2,3)12-20/h6-7,11,20H,4-5,8-10,12H2,1-3H3,(H,17,19)(H,18,21). The molecule has 0 saturated heterocycles. The van der Waals surface area contributed by atoms with Crippen molar-refractivity contribution >= 4 is 11.7 Å². The first-order valence-corrected chi connectivity index (χ1v) is 7.57. The van der Waals surface area contributed by atoms with Gasteiger partial charge in [-0.3, -0.25) is 4.79 Å². The summed E-state index contributed by atoms with van der Waals surface area (Å²) in [6.45, 7) is 7.80. The van der Waals surface area contributed by atoms with Crippen LogP contribution in [-0.4, -0.2) is 35.7 Å². The van der Waals surface area contributed by atoms with Crippen LogP contribution in [0.1, 0.15) is 50.4 Å². The fraction of sp³-hybridized carbons (Fsp3) is 0.625. The minimum atomic E-state index is -0.0828. The molecule has 0 fully saturated rings. The van der Waals surface area contributed by atoms with Crippen LogP contribution in [0.3, 0.4) is 0 Å². The van der Waals surface area contributed by atoms with Crippen LogP contribution in [0.2, 0.25) is 0 Å². The second-order valence-corrected chi connectivity index (χ2v) is 6.04. The molecule has 5 nitrogen and oxygen atoms in total. The van der Waals surface area contributed by atoms with Crippen LogP contribution in [0.25, 0.3) is 0 Å². The fourth-order valence-corrected chi connectivity index (χ4v) is 1.84. The van der Waals surface area contributed by atoms with Crippen LogP contribution in [0.4, 0.5) is 5.82 Å². The van der Waals surface area contributed by atoms with Gasteiger partial charge < -0.3 is 15.7 Å². The van der Waals surface area contributed by atoms with E-state index in [9.17, 15) is 9.90 Å². The second-order valence-electron chi connectivity index (χ2n) is 6.04. The van der Waals surface area contributed by atoms with Crippen molar-refractivity contribution in [3.05, 3.63) is 23.9 Å². The Morgan fingerprint density at radius 2 is 2.10 bits per heavy atom. The van der Waals surface area contributed by atoms with Gasteiger partial charge in [0.1, 0.15) is 5.82 Å². The summed E-state index contributed by atoms with van der Waals surface area (Å²) in [4.78, 5) is 16.0. The maximum Gasteiger partial charge on any atom is 0.252 e. The van der Waals surface area contributed by atoms with E-state index in [1.54, 1.807) is 12.3 Å². The van der Waals surface area contributed by atoms with Gasteiger partial charge in [-0.1, -0.05) is 20.8 Å². The van der Waals surface area contributed by atoms with Gasteiger partial charge >= 0.3 is 0 Å². The van der Waals surface area contributed by atoms with E-state index in [1.165, 1.54) is 0 Å². The molecule has 0 aliphatic carbocycles. The highest BCUT2D eigenvalue weighted by molar-refractivity contribution is 5.93. The summed E-state index contributed by atoms with van der Waals surface area (Å²) in [6, 6.07) is 3.59. The number of carbonyl (C=O) groups excluding carboxylic acids is 1. The van der Waals surface area contributed by atoms with Crippen LogP contribution in [-0.2, 0) is 0 Å². The summed E-state index contributed by atoms with van der Waals surface area (Å²) in [5.74, 6) is 0.685. The quantitative estimate of drug-likeness (QED) is 0.611. The van der Waals surface area contributed by atoms with E-state index in [2.05, 4.69) is 29.5 Å². The summed E-state index contributed by atoms with van der Waals surface area (Å²) in [5, 5.41) is 15.2. The van der Waals surface area contributed by atoms with Gasteiger partial charge in [-0.15, -0.1) is 0 Å². The van der Waals surface area contributed by atoms with Gasteiger partial charge in [0.2, 0.25) is 0 Å². The number of nitrogens with zero attached hydrogens (tertiary/aromatic N) is 1. The van der Waals surface area contributed by atoms with Crippen molar-refractivity contribution in [1.29, 1.82) is 0 Å². The topological polar surface area (TPSA) is 74.2 Å². The SMILES string of the molecule is CCCNC(=O)c1ccc(NCCCC(C)(C)CO)nc1. The average Bonchev–Trinajstić information content (AvgIpc) is 2.50. The van der Waals surface area contributed by atoms with Crippen molar-refractivity contribution in [2.24, 2.45) is 5.41 Å². The lowest BCUT2D eigenvalue weighted by Crippen LogP contribution is -2.24. The van der Waals surface area contributed by atoms with Crippen LogP contribution >= 0.6 is 0 Å². The number of anilines is 1. The molecular formula is C16H27N3O2. The first-order valence-electron chi connectivity index (χ1n) is 7.57. The van der Waals surface area contributed by atoms with E-state index in [-0.39, 0.29) is 17.9 Å². The molecule has 1 amide bonds. The Bertz CT molecular complexity index is 430. The predicted molar refractivity (Wildman–Crippen MR) is 85.5 cm³/mol. The first kappa shape index (κ1) is 17.4. The Morgan fingerprint density at radius 3 is 2.67 bits per heavy atom. The van der Waals surface area contributed by atoms with E-state index >= 15 is 0 Å². The third-order valence-corrected chi connectivity index (χ3v) is 3.33. The highest BCUT2D eigenvalue weighted by Gasteiger charge is 2.15. The van der Waals surface area contributed by atoms with E-state index in [4.69, 9.17) is 0 Å². The Labute approximate surface area is 127 Å². The number of aliphatic hydroxyl groups excluding tert-OH is 1. The van der Waals surface area contributed by atoms with Crippen LogP contribution in [0, 0.1) is 5.41 Å². The third kappa shape index (κ3) is 6.58. The minimum absolute atomic E-state index is 0.0314. The van der Waals surface area contributed by atoms with Gasteiger partial charge in [0.25, 0.3) is 5.91 Å². The molecule has 0 aliphatic rings. The number of amides is 1. The maximum absolute atomic E-state index is 11.7. The normalized spacial score (nSPS) is 11.2. The Kier molecular flexibility index (Phi) is 7.15. The summed E-state index contributed by atoms with van der Waals surface area (Å²) in [7, 11) is 0. The smallest absolute Gasteiger partial charge is 0.252 e. The second kappa shape index (κ2) is 8.62. The first-order chi connectivity index (χ1) is 9.98. The Balaban J connectivity index is 2.36. The molecule has 5 heteroatoms. The summed E-state index contributed by atoms with van der Waals surface area (Å²) in [6.07, 6.45) is 4.43. The highest BCUT2D eigenvalue weighted by Crippen LogP contribution is 2.20. The molecule has 0 aromatic carbocycles. The molecule has 0 atom stereocenters. The molecule has 0 unspecified atom stereocenters. The summed E-state index contributed by atoms with van der Waals surface area (Å²) >= 11 is 0. The van der Waals surface area contributed by atoms with E-state index in [1.807, 2.05) is 13.0 Å². The molecule has 0 bridgehead atoms.